The van der Waals surface area contributed by atoms with Crippen molar-refractivity contribution in [3.05, 3.63) is 29.3 Å². The smallest absolute Gasteiger partial charge is 0.101 e. The van der Waals surface area contributed by atoms with Crippen LogP contribution in [0.1, 0.15) is 24.0 Å². The number of hydrogen-bond donors (Lipinski definition) is 1. The minimum Gasteiger partial charge on any atom is -0.384 e. The van der Waals surface area contributed by atoms with Gasteiger partial charge in [0.1, 0.15) is 6.07 Å². The van der Waals surface area contributed by atoms with Gasteiger partial charge in [0.25, 0.3) is 0 Å². The molecule has 1 aromatic rings. The first-order valence-corrected chi connectivity index (χ1v) is 6.12. The predicted octanol–water partition coefficient (Wildman–Crippen LogP) is 2.71. The van der Waals surface area contributed by atoms with E-state index in [0.29, 0.717) is 5.92 Å². The number of benzene rings is 1. The maximum atomic E-state index is 9.04. The second kappa shape index (κ2) is 5.70. The lowest BCUT2D eigenvalue weighted by Gasteiger charge is -2.11. The van der Waals surface area contributed by atoms with Gasteiger partial charge in [-0.05, 0) is 43.4 Å². The third-order valence-corrected chi connectivity index (χ3v) is 3.19. The lowest BCUT2D eigenvalue weighted by atomic mass is 10.0. The summed E-state index contributed by atoms with van der Waals surface area (Å²) < 4.78 is 5.34. The van der Waals surface area contributed by atoms with Gasteiger partial charge in [0.15, 0.2) is 0 Å². The average Bonchev–Trinajstić information content (AvgIpc) is 2.84. The molecule has 1 N–H and O–H groups in total. The van der Waals surface area contributed by atoms with Crippen LogP contribution < -0.4 is 5.32 Å². The molecule has 0 aliphatic carbocycles. The van der Waals surface area contributed by atoms with E-state index in [-0.39, 0.29) is 0 Å². The van der Waals surface area contributed by atoms with Crippen LogP contribution in [0.2, 0.25) is 0 Å². The zero-order valence-corrected chi connectivity index (χ0v) is 10.2. The largest absolute Gasteiger partial charge is 0.384 e. The van der Waals surface area contributed by atoms with E-state index in [4.69, 9.17) is 10.00 Å². The van der Waals surface area contributed by atoms with E-state index in [1.54, 1.807) is 0 Å². The standard InChI is InChI=1S/C14H18N2O/c1-11-2-3-14(13(8-11)9-15)16-6-4-12-5-7-17-10-12/h2-3,8,12,16H,4-7,10H2,1H3. The lowest BCUT2D eigenvalue weighted by molar-refractivity contribution is 0.185. The van der Waals surface area contributed by atoms with E-state index in [1.807, 2.05) is 25.1 Å². The van der Waals surface area contributed by atoms with Crippen LogP contribution in [0.3, 0.4) is 0 Å². The van der Waals surface area contributed by atoms with Crippen molar-refractivity contribution < 1.29 is 4.74 Å². The first-order valence-electron chi connectivity index (χ1n) is 6.12. The van der Waals surface area contributed by atoms with Gasteiger partial charge >= 0.3 is 0 Å². The summed E-state index contributed by atoms with van der Waals surface area (Å²) in [6.07, 6.45) is 2.28. The molecule has 1 saturated heterocycles. The molecule has 1 aromatic carbocycles. The van der Waals surface area contributed by atoms with Crippen LogP contribution in [0.5, 0.6) is 0 Å². The molecule has 0 saturated carbocycles. The van der Waals surface area contributed by atoms with Crippen molar-refractivity contribution in [2.75, 3.05) is 25.1 Å². The Labute approximate surface area is 102 Å². The van der Waals surface area contributed by atoms with Crippen LogP contribution in [0.15, 0.2) is 18.2 Å². The number of hydrogen-bond acceptors (Lipinski definition) is 3. The fourth-order valence-electron chi connectivity index (χ4n) is 2.13. The Bertz CT molecular complexity index is 417. The fraction of sp³-hybridized carbons (Fsp3) is 0.500. The maximum Gasteiger partial charge on any atom is 0.101 e. The topological polar surface area (TPSA) is 45.0 Å². The van der Waals surface area contributed by atoms with Crippen LogP contribution in [0, 0.1) is 24.2 Å². The van der Waals surface area contributed by atoms with Gasteiger partial charge in [-0.2, -0.15) is 5.26 Å². The Morgan fingerprint density at radius 1 is 1.53 bits per heavy atom. The van der Waals surface area contributed by atoms with E-state index in [0.717, 1.165) is 43.0 Å². The van der Waals surface area contributed by atoms with Crippen molar-refractivity contribution in [2.24, 2.45) is 5.92 Å². The summed E-state index contributed by atoms with van der Waals surface area (Å²) in [7, 11) is 0. The maximum absolute atomic E-state index is 9.04. The number of ether oxygens (including phenoxy) is 1. The van der Waals surface area contributed by atoms with Gasteiger partial charge in [-0.15, -0.1) is 0 Å². The molecule has 3 nitrogen and oxygen atoms in total. The fourth-order valence-corrected chi connectivity index (χ4v) is 2.13. The Balaban J connectivity index is 1.88. The summed E-state index contributed by atoms with van der Waals surface area (Å²) in [5.74, 6) is 0.679. The number of nitrogens with zero attached hydrogens (tertiary/aromatic N) is 1. The summed E-state index contributed by atoms with van der Waals surface area (Å²) in [6.45, 7) is 4.70. The van der Waals surface area contributed by atoms with Gasteiger partial charge in [0, 0.05) is 19.8 Å². The quantitative estimate of drug-likeness (QED) is 0.865. The third-order valence-electron chi connectivity index (χ3n) is 3.19. The highest BCUT2D eigenvalue weighted by Crippen LogP contribution is 2.19. The average molecular weight is 230 g/mol. The molecule has 1 aliphatic rings. The van der Waals surface area contributed by atoms with E-state index in [9.17, 15) is 0 Å². The van der Waals surface area contributed by atoms with Crippen LogP contribution >= 0.6 is 0 Å². The number of rotatable bonds is 4. The third kappa shape index (κ3) is 3.21. The van der Waals surface area contributed by atoms with Crippen LogP contribution in [-0.2, 0) is 4.74 Å². The van der Waals surface area contributed by atoms with Crippen molar-refractivity contribution in [3.63, 3.8) is 0 Å². The molecule has 0 bridgehead atoms. The number of anilines is 1. The molecule has 1 fully saturated rings. The Morgan fingerprint density at radius 3 is 3.12 bits per heavy atom. The van der Waals surface area contributed by atoms with Crippen LogP contribution in [-0.4, -0.2) is 19.8 Å². The molecule has 1 unspecified atom stereocenters. The number of nitriles is 1. The molecule has 2 rings (SSSR count). The first-order chi connectivity index (χ1) is 8.29. The molecule has 17 heavy (non-hydrogen) atoms. The molecule has 90 valence electrons. The highest BCUT2D eigenvalue weighted by Gasteiger charge is 2.14. The number of nitrogens with one attached hydrogen (secondary N) is 1. The summed E-state index contributed by atoms with van der Waals surface area (Å²) in [5, 5.41) is 12.4. The molecule has 1 heterocycles. The minimum atomic E-state index is 0.679. The van der Waals surface area contributed by atoms with Gasteiger partial charge < -0.3 is 10.1 Å². The van der Waals surface area contributed by atoms with Gasteiger partial charge in [-0.3, -0.25) is 0 Å². The van der Waals surface area contributed by atoms with E-state index in [1.165, 1.54) is 6.42 Å². The Morgan fingerprint density at radius 2 is 2.41 bits per heavy atom. The monoisotopic (exact) mass is 230 g/mol. The van der Waals surface area contributed by atoms with Gasteiger partial charge in [-0.25, -0.2) is 0 Å². The summed E-state index contributed by atoms with van der Waals surface area (Å²) >= 11 is 0. The van der Waals surface area contributed by atoms with E-state index in [2.05, 4.69) is 11.4 Å². The minimum absolute atomic E-state index is 0.679. The molecular formula is C14H18N2O. The normalized spacial score (nSPS) is 18.9. The van der Waals surface area contributed by atoms with Gasteiger partial charge in [0.05, 0.1) is 11.3 Å². The Hall–Kier alpha value is -1.53. The van der Waals surface area contributed by atoms with Gasteiger partial charge in [-0.1, -0.05) is 6.07 Å². The van der Waals surface area contributed by atoms with E-state index >= 15 is 0 Å². The van der Waals surface area contributed by atoms with Crippen molar-refractivity contribution in [1.29, 1.82) is 5.26 Å². The van der Waals surface area contributed by atoms with Crippen molar-refractivity contribution in [2.45, 2.75) is 19.8 Å². The summed E-state index contributed by atoms with van der Waals surface area (Å²) in [4.78, 5) is 0. The molecule has 3 heteroatoms. The molecule has 0 spiro atoms. The molecule has 0 amide bonds. The molecular weight excluding hydrogens is 212 g/mol. The predicted molar refractivity (Wildman–Crippen MR) is 67.9 cm³/mol. The van der Waals surface area contributed by atoms with E-state index < -0.39 is 0 Å². The highest BCUT2D eigenvalue weighted by atomic mass is 16.5. The highest BCUT2D eigenvalue weighted by molar-refractivity contribution is 5.58. The van der Waals surface area contributed by atoms with Crippen LogP contribution in [0.25, 0.3) is 0 Å². The second-order valence-corrected chi connectivity index (χ2v) is 4.61. The first kappa shape index (κ1) is 11.9. The summed E-state index contributed by atoms with van der Waals surface area (Å²) in [5.41, 5.74) is 2.79. The number of aryl methyl sites for hydroxylation is 1. The zero-order valence-electron chi connectivity index (χ0n) is 10.2. The molecule has 1 atom stereocenters. The molecule has 0 aromatic heterocycles. The Kier molecular flexibility index (Phi) is 4.00. The summed E-state index contributed by atoms with van der Waals surface area (Å²) in [6, 6.07) is 8.16. The molecule has 0 radical (unpaired) electrons. The van der Waals surface area contributed by atoms with Crippen molar-refractivity contribution in [1.82, 2.24) is 0 Å². The molecule has 1 aliphatic heterocycles. The van der Waals surface area contributed by atoms with Crippen molar-refractivity contribution >= 4 is 5.69 Å². The SMILES string of the molecule is Cc1ccc(NCCC2CCOC2)c(C#N)c1. The van der Waals surface area contributed by atoms with Crippen molar-refractivity contribution in [3.8, 4) is 6.07 Å². The second-order valence-electron chi connectivity index (χ2n) is 4.61. The van der Waals surface area contributed by atoms with Gasteiger partial charge in [0.2, 0.25) is 0 Å². The zero-order chi connectivity index (χ0) is 12.1. The van der Waals surface area contributed by atoms with Crippen LogP contribution in [0.4, 0.5) is 5.69 Å². The lowest BCUT2D eigenvalue weighted by Crippen LogP contribution is -2.09.